The largest absolute Gasteiger partial charge is 0.497 e. The van der Waals surface area contributed by atoms with Gasteiger partial charge in [0.2, 0.25) is 0 Å². The molecule has 2 atom stereocenters. The molecule has 7 heteroatoms. The Labute approximate surface area is 186 Å². The molecule has 2 aromatic carbocycles. The maximum Gasteiger partial charge on any atom is 0.193 e. The van der Waals surface area contributed by atoms with E-state index in [-0.39, 0.29) is 17.8 Å². The van der Waals surface area contributed by atoms with Crippen molar-refractivity contribution in [1.29, 1.82) is 0 Å². The highest BCUT2D eigenvalue weighted by Crippen LogP contribution is 2.34. The Morgan fingerprint density at radius 2 is 1.97 bits per heavy atom. The fourth-order valence-electron chi connectivity index (χ4n) is 4.14. The number of hydrogen-bond donors (Lipinski definition) is 4. The zero-order chi connectivity index (χ0) is 22.7. The summed E-state index contributed by atoms with van der Waals surface area (Å²) >= 11 is 0. The second kappa shape index (κ2) is 9.20. The molecule has 1 aromatic heterocycles. The Kier molecular flexibility index (Phi) is 6.18. The van der Waals surface area contributed by atoms with Crippen LogP contribution >= 0.6 is 0 Å². The molecule has 0 saturated carbocycles. The number of benzene rings is 2. The fraction of sp³-hybridized carbons (Fsp3) is 0.240. The number of aliphatic hydroxyl groups excluding tert-OH is 1. The van der Waals surface area contributed by atoms with Crippen molar-refractivity contribution in [2.75, 3.05) is 13.7 Å². The maximum atomic E-state index is 9.91. The van der Waals surface area contributed by atoms with Gasteiger partial charge in [-0.15, -0.1) is 0 Å². The molecule has 1 unspecified atom stereocenters. The number of methoxy groups -OCH3 is 1. The Hall–Kier alpha value is -3.71. The van der Waals surface area contributed by atoms with E-state index in [9.17, 15) is 5.11 Å². The molecule has 7 nitrogen and oxygen atoms in total. The van der Waals surface area contributed by atoms with E-state index in [4.69, 9.17) is 20.9 Å². The van der Waals surface area contributed by atoms with E-state index >= 15 is 0 Å². The molecule has 1 fully saturated rings. The minimum Gasteiger partial charge on any atom is -0.497 e. The van der Waals surface area contributed by atoms with Crippen LogP contribution in [0.1, 0.15) is 24.5 Å². The predicted octanol–water partition coefficient (Wildman–Crippen LogP) is 1.92. The zero-order valence-corrected chi connectivity index (χ0v) is 18.0. The molecule has 166 valence electrons. The number of aromatic nitrogens is 1. The molecule has 1 aliphatic heterocycles. The molecular weight excluding hydrogens is 404 g/mol. The van der Waals surface area contributed by atoms with Gasteiger partial charge in [0, 0.05) is 27.6 Å². The van der Waals surface area contributed by atoms with E-state index < -0.39 is 6.10 Å². The lowest BCUT2D eigenvalue weighted by molar-refractivity contribution is 0.113. The van der Waals surface area contributed by atoms with Gasteiger partial charge in [0.15, 0.2) is 11.8 Å². The quantitative estimate of drug-likeness (QED) is 0.455. The van der Waals surface area contributed by atoms with E-state index in [0.717, 1.165) is 47.2 Å². The molecule has 6 N–H and O–H groups in total. The highest BCUT2D eigenvalue weighted by atomic mass is 16.5. The average Bonchev–Trinajstić information content (AvgIpc) is 2.81. The smallest absolute Gasteiger partial charge is 0.193 e. The first kappa shape index (κ1) is 21.5. The molecule has 0 aliphatic carbocycles. The summed E-state index contributed by atoms with van der Waals surface area (Å²) in [5.74, 6) is 0.594. The average molecular weight is 433 g/mol. The second-order valence-corrected chi connectivity index (χ2v) is 7.88. The van der Waals surface area contributed by atoms with Crippen molar-refractivity contribution in [2.45, 2.75) is 25.0 Å². The minimum atomic E-state index is -0.433. The Morgan fingerprint density at radius 1 is 1.19 bits per heavy atom. The van der Waals surface area contributed by atoms with Crippen molar-refractivity contribution >= 4 is 22.7 Å². The third-order valence-electron chi connectivity index (χ3n) is 5.77. The van der Waals surface area contributed by atoms with E-state index in [0.29, 0.717) is 10.4 Å². The number of rotatable bonds is 5. The number of nitrogens with one attached hydrogen (secondary N) is 1. The van der Waals surface area contributed by atoms with Gasteiger partial charge in [-0.05, 0) is 55.8 Å². The maximum absolute atomic E-state index is 9.91. The van der Waals surface area contributed by atoms with Crippen molar-refractivity contribution in [3.05, 3.63) is 82.9 Å². The number of fused-ring (bicyclic) bond motifs is 1. The first-order valence-electron chi connectivity index (χ1n) is 10.5. The van der Waals surface area contributed by atoms with Gasteiger partial charge in [0.05, 0.1) is 18.7 Å². The van der Waals surface area contributed by atoms with Crippen LogP contribution in [0.4, 0.5) is 0 Å². The highest BCUT2D eigenvalue weighted by Gasteiger charge is 2.30. The van der Waals surface area contributed by atoms with Gasteiger partial charge in [-0.2, -0.15) is 0 Å². The number of nitrogens with zero attached hydrogens (tertiary/aromatic N) is 1. The molecule has 0 amide bonds. The summed E-state index contributed by atoms with van der Waals surface area (Å²) in [6.07, 6.45) is 3.01. The van der Waals surface area contributed by atoms with Crippen LogP contribution in [-0.2, 0) is 4.74 Å². The van der Waals surface area contributed by atoms with Crippen LogP contribution in [0.5, 0.6) is 5.75 Å². The van der Waals surface area contributed by atoms with Gasteiger partial charge in [-0.3, -0.25) is 4.98 Å². The summed E-state index contributed by atoms with van der Waals surface area (Å²) in [4.78, 5) is 4.49. The normalized spacial score (nSPS) is 19.3. The Morgan fingerprint density at radius 3 is 2.69 bits per heavy atom. The molecule has 0 radical (unpaired) electrons. The summed E-state index contributed by atoms with van der Waals surface area (Å²) in [6.45, 7) is 5.00. The summed E-state index contributed by atoms with van der Waals surface area (Å²) in [7, 11) is 1.64. The monoisotopic (exact) mass is 432 g/mol. The third-order valence-corrected chi connectivity index (χ3v) is 5.77. The first-order valence-corrected chi connectivity index (χ1v) is 10.5. The molecule has 3 aromatic rings. The minimum absolute atomic E-state index is 0.0470. The number of aliphatic hydroxyl groups is 1. The van der Waals surface area contributed by atoms with Crippen molar-refractivity contribution in [3.63, 3.8) is 0 Å². The summed E-state index contributed by atoms with van der Waals surface area (Å²) < 4.78 is 11.9. The van der Waals surface area contributed by atoms with E-state index in [1.807, 2.05) is 30.3 Å². The zero-order valence-electron chi connectivity index (χ0n) is 18.0. The topological polar surface area (TPSA) is 116 Å². The Bertz CT molecular complexity index is 1270. The van der Waals surface area contributed by atoms with Gasteiger partial charge in [0.25, 0.3) is 0 Å². The number of ether oxygens (including phenoxy) is 2. The number of pyridine rings is 1. The first-order chi connectivity index (χ1) is 15.5. The lowest BCUT2D eigenvalue weighted by Gasteiger charge is -2.33. The SMILES string of the molecule is C=C1CCNC([C@H](O/C(N)=c2\cccc\c2=C(\N)O)c2ccnc3ccc(OC)cc23)C1. The molecule has 4 rings (SSSR count). The van der Waals surface area contributed by atoms with Gasteiger partial charge >= 0.3 is 0 Å². The predicted molar refractivity (Wildman–Crippen MR) is 126 cm³/mol. The molecule has 1 aliphatic rings. The molecule has 32 heavy (non-hydrogen) atoms. The summed E-state index contributed by atoms with van der Waals surface area (Å²) in [5, 5.41) is 15.3. The van der Waals surface area contributed by atoms with Crippen LogP contribution in [0.25, 0.3) is 22.7 Å². The Balaban J connectivity index is 1.88. The van der Waals surface area contributed by atoms with E-state index in [1.165, 1.54) is 0 Å². The lowest BCUT2D eigenvalue weighted by Crippen LogP contribution is -2.42. The van der Waals surface area contributed by atoms with Gasteiger partial charge < -0.3 is 31.4 Å². The highest BCUT2D eigenvalue weighted by molar-refractivity contribution is 5.84. The number of piperidine rings is 1. The third kappa shape index (κ3) is 4.33. The van der Waals surface area contributed by atoms with Crippen LogP contribution in [0.3, 0.4) is 0 Å². The fourth-order valence-corrected chi connectivity index (χ4v) is 4.14. The van der Waals surface area contributed by atoms with E-state index in [1.54, 1.807) is 31.5 Å². The summed E-state index contributed by atoms with van der Waals surface area (Å²) in [5.41, 5.74) is 15.0. The molecular formula is C25H28N4O3. The number of hydrogen-bond acceptors (Lipinski definition) is 7. The van der Waals surface area contributed by atoms with Gasteiger partial charge in [-0.1, -0.05) is 24.3 Å². The molecule has 0 spiro atoms. The van der Waals surface area contributed by atoms with Crippen LogP contribution < -0.4 is 32.0 Å². The van der Waals surface area contributed by atoms with Gasteiger partial charge in [0.1, 0.15) is 11.9 Å². The molecule has 1 saturated heterocycles. The summed E-state index contributed by atoms with van der Waals surface area (Å²) in [6, 6.07) is 14.7. The van der Waals surface area contributed by atoms with Crippen molar-refractivity contribution in [2.24, 2.45) is 11.5 Å². The van der Waals surface area contributed by atoms with Gasteiger partial charge in [-0.25, -0.2) is 0 Å². The van der Waals surface area contributed by atoms with Crippen LogP contribution in [0, 0.1) is 0 Å². The van der Waals surface area contributed by atoms with Crippen LogP contribution in [0.2, 0.25) is 0 Å². The molecule has 0 bridgehead atoms. The van der Waals surface area contributed by atoms with Crippen molar-refractivity contribution in [3.8, 4) is 5.75 Å². The molecule has 2 heterocycles. The standard InChI is InChI=1S/C25H28N4O3/c1-15-9-11-29-22(13-15)23(32-25(27)19-6-4-3-5-18(19)24(26)30)17-10-12-28-21-8-7-16(31-2)14-20(17)21/h3-8,10,12,14,22-23,29-30H,1,9,11,13,26-27H2,2H3/b24-18+,25-19+/t22?,23-/m1/s1. The lowest BCUT2D eigenvalue weighted by atomic mass is 9.90. The van der Waals surface area contributed by atoms with Crippen LogP contribution in [0.15, 0.2) is 66.9 Å². The van der Waals surface area contributed by atoms with E-state index in [2.05, 4.69) is 16.9 Å². The van der Waals surface area contributed by atoms with Crippen LogP contribution in [-0.4, -0.2) is 29.8 Å². The second-order valence-electron chi connectivity index (χ2n) is 7.88. The van der Waals surface area contributed by atoms with Crippen molar-refractivity contribution in [1.82, 2.24) is 10.3 Å². The van der Waals surface area contributed by atoms with Crippen molar-refractivity contribution < 1.29 is 14.6 Å². The number of nitrogens with two attached hydrogens (primary N) is 2.